The number of nitrogens with zero attached hydrogens (tertiary/aromatic N) is 1. The minimum absolute atomic E-state index is 0.0124. The third-order valence-corrected chi connectivity index (χ3v) is 2.11. The van der Waals surface area contributed by atoms with E-state index in [1.165, 1.54) is 12.1 Å². The van der Waals surface area contributed by atoms with Crippen LogP contribution in [-0.2, 0) is 0 Å². The fourth-order valence-corrected chi connectivity index (χ4v) is 1.45. The lowest BCUT2D eigenvalue weighted by molar-refractivity contribution is 0.250. The molecule has 7 heteroatoms. The summed E-state index contributed by atoms with van der Waals surface area (Å²) < 4.78 is 0.621. The highest BCUT2D eigenvalue weighted by Crippen LogP contribution is 2.14. The van der Waals surface area contributed by atoms with Crippen molar-refractivity contribution in [3.8, 4) is 5.75 Å². The zero-order valence-electron chi connectivity index (χ0n) is 7.93. The average Bonchev–Trinajstić information content (AvgIpc) is 2.18. The van der Waals surface area contributed by atoms with E-state index in [0.29, 0.717) is 4.57 Å². The van der Waals surface area contributed by atoms with E-state index in [4.69, 9.17) is 5.73 Å². The van der Waals surface area contributed by atoms with Crippen LogP contribution in [0.5, 0.6) is 5.75 Å². The van der Waals surface area contributed by atoms with E-state index in [1.54, 1.807) is 0 Å². The Kier molecular flexibility index (Phi) is 2.01. The lowest BCUT2D eigenvalue weighted by Crippen LogP contribution is -2.37. The second kappa shape index (κ2) is 3.23. The molecule has 0 unspecified atom stereocenters. The number of fused-ring (bicyclic) bond motifs is 1. The molecule has 0 fully saturated rings. The van der Waals surface area contributed by atoms with Gasteiger partial charge in [0.25, 0.3) is 5.56 Å². The van der Waals surface area contributed by atoms with Crippen LogP contribution in [0.25, 0.3) is 10.9 Å². The van der Waals surface area contributed by atoms with Crippen molar-refractivity contribution < 1.29 is 9.90 Å². The molecule has 1 aromatic carbocycles. The van der Waals surface area contributed by atoms with Gasteiger partial charge in [0.1, 0.15) is 5.75 Å². The SMILES string of the molecule is NC(=O)n1c(=O)[nH]c(=O)c2cc(O)ccc21. The Morgan fingerprint density at radius 3 is 2.69 bits per heavy atom. The topological polar surface area (TPSA) is 118 Å². The van der Waals surface area contributed by atoms with Crippen LogP contribution in [-0.4, -0.2) is 20.7 Å². The van der Waals surface area contributed by atoms with Crippen LogP contribution in [0.1, 0.15) is 0 Å². The molecule has 4 N–H and O–H groups in total. The van der Waals surface area contributed by atoms with Crippen LogP contribution < -0.4 is 17.0 Å². The molecular weight excluding hydrogens is 214 g/mol. The Bertz CT molecular complexity index is 698. The highest BCUT2D eigenvalue weighted by Gasteiger charge is 2.11. The second-order valence-electron chi connectivity index (χ2n) is 3.13. The van der Waals surface area contributed by atoms with Crippen molar-refractivity contribution in [2.24, 2.45) is 5.73 Å². The van der Waals surface area contributed by atoms with Crippen LogP contribution in [0.4, 0.5) is 4.79 Å². The molecule has 0 radical (unpaired) electrons. The Morgan fingerprint density at radius 1 is 1.38 bits per heavy atom. The van der Waals surface area contributed by atoms with Crippen LogP contribution in [0.15, 0.2) is 27.8 Å². The van der Waals surface area contributed by atoms with Gasteiger partial charge >= 0.3 is 11.7 Å². The monoisotopic (exact) mass is 221 g/mol. The van der Waals surface area contributed by atoms with Gasteiger partial charge in [-0.15, -0.1) is 0 Å². The number of primary amides is 1. The maximum Gasteiger partial charge on any atom is 0.337 e. The summed E-state index contributed by atoms with van der Waals surface area (Å²) in [7, 11) is 0. The first kappa shape index (κ1) is 9.97. The number of phenols is 1. The highest BCUT2D eigenvalue weighted by molar-refractivity contribution is 5.89. The molecule has 1 aromatic heterocycles. The van der Waals surface area contributed by atoms with E-state index in [-0.39, 0.29) is 16.7 Å². The molecule has 2 aromatic rings. The maximum absolute atomic E-state index is 11.4. The summed E-state index contributed by atoms with van der Waals surface area (Å²) >= 11 is 0. The zero-order valence-corrected chi connectivity index (χ0v) is 7.93. The first-order valence-electron chi connectivity index (χ1n) is 4.28. The van der Waals surface area contributed by atoms with E-state index in [2.05, 4.69) is 0 Å². The number of nitrogens with two attached hydrogens (primary N) is 1. The molecule has 0 atom stereocenters. The molecule has 16 heavy (non-hydrogen) atoms. The van der Waals surface area contributed by atoms with Gasteiger partial charge in [0.05, 0.1) is 10.9 Å². The summed E-state index contributed by atoms with van der Waals surface area (Å²) in [5.41, 5.74) is 3.47. The van der Waals surface area contributed by atoms with Gasteiger partial charge in [-0.05, 0) is 18.2 Å². The lowest BCUT2D eigenvalue weighted by Gasteiger charge is -2.04. The van der Waals surface area contributed by atoms with Gasteiger partial charge in [0.15, 0.2) is 0 Å². The zero-order chi connectivity index (χ0) is 11.9. The number of phenolic OH excluding ortho intramolecular Hbond substituents is 1. The van der Waals surface area contributed by atoms with Crippen LogP contribution in [0, 0.1) is 0 Å². The highest BCUT2D eigenvalue weighted by atomic mass is 16.3. The van der Waals surface area contributed by atoms with Gasteiger partial charge in [-0.25, -0.2) is 14.2 Å². The first-order chi connectivity index (χ1) is 7.50. The second-order valence-corrected chi connectivity index (χ2v) is 3.13. The fraction of sp³-hybridized carbons (Fsp3) is 0. The third kappa shape index (κ3) is 1.34. The predicted octanol–water partition coefficient (Wildman–Crippen LogP) is -0.678. The number of amides is 1. The van der Waals surface area contributed by atoms with Gasteiger partial charge in [0.2, 0.25) is 0 Å². The van der Waals surface area contributed by atoms with Crippen molar-refractivity contribution in [1.82, 2.24) is 9.55 Å². The largest absolute Gasteiger partial charge is 0.508 e. The smallest absolute Gasteiger partial charge is 0.337 e. The number of aromatic amines is 1. The number of carbonyl (C=O) groups is 1. The quantitative estimate of drug-likeness (QED) is 0.546. The molecule has 1 heterocycles. The van der Waals surface area contributed by atoms with E-state index in [0.717, 1.165) is 6.07 Å². The van der Waals surface area contributed by atoms with Gasteiger partial charge in [-0.1, -0.05) is 0 Å². The molecular formula is C9H7N3O4. The average molecular weight is 221 g/mol. The number of benzene rings is 1. The van der Waals surface area contributed by atoms with Crippen molar-refractivity contribution in [1.29, 1.82) is 0 Å². The van der Waals surface area contributed by atoms with Gasteiger partial charge < -0.3 is 10.8 Å². The Hall–Kier alpha value is -2.57. The molecule has 0 aliphatic heterocycles. The number of H-pyrrole nitrogens is 1. The predicted molar refractivity (Wildman–Crippen MR) is 55.5 cm³/mol. The van der Waals surface area contributed by atoms with E-state index in [1.807, 2.05) is 4.98 Å². The van der Waals surface area contributed by atoms with Gasteiger partial charge in [-0.3, -0.25) is 9.78 Å². The Labute approximate surface area is 87.7 Å². The standard InChI is InChI=1S/C9H7N3O4/c10-8(15)12-6-2-1-4(13)3-5(6)7(14)11-9(12)16/h1-3,13H,(H2,10,15)(H,11,14,16). The molecule has 0 saturated heterocycles. The minimum atomic E-state index is -1.00. The van der Waals surface area contributed by atoms with Crippen LogP contribution >= 0.6 is 0 Å². The molecule has 0 saturated carbocycles. The summed E-state index contributed by atoms with van der Waals surface area (Å²) in [6.07, 6.45) is 0. The number of hydrogen-bond acceptors (Lipinski definition) is 4. The Morgan fingerprint density at radius 2 is 2.06 bits per heavy atom. The Balaban J connectivity index is 3.08. The normalized spacial score (nSPS) is 10.5. The van der Waals surface area contributed by atoms with E-state index in [9.17, 15) is 19.5 Å². The van der Waals surface area contributed by atoms with E-state index < -0.39 is 17.3 Å². The molecule has 1 amide bonds. The number of hydrogen-bond donors (Lipinski definition) is 3. The molecule has 0 aliphatic carbocycles. The number of rotatable bonds is 0. The molecule has 0 bridgehead atoms. The van der Waals surface area contributed by atoms with Gasteiger partial charge in [-0.2, -0.15) is 0 Å². The molecule has 0 spiro atoms. The van der Waals surface area contributed by atoms with Crippen molar-refractivity contribution in [3.63, 3.8) is 0 Å². The summed E-state index contributed by atoms with van der Waals surface area (Å²) in [5.74, 6) is -0.146. The number of nitrogens with one attached hydrogen (secondary N) is 1. The van der Waals surface area contributed by atoms with Crippen LogP contribution in [0.3, 0.4) is 0 Å². The number of aromatic hydroxyl groups is 1. The van der Waals surface area contributed by atoms with Crippen LogP contribution in [0.2, 0.25) is 0 Å². The first-order valence-corrected chi connectivity index (χ1v) is 4.28. The summed E-state index contributed by atoms with van der Waals surface area (Å²) in [6.45, 7) is 0. The third-order valence-electron chi connectivity index (χ3n) is 2.11. The fourth-order valence-electron chi connectivity index (χ4n) is 1.45. The summed E-state index contributed by atoms with van der Waals surface area (Å²) in [5, 5.41) is 9.21. The molecule has 0 aliphatic rings. The van der Waals surface area contributed by atoms with Crippen molar-refractivity contribution >= 4 is 16.9 Å². The summed E-state index contributed by atoms with van der Waals surface area (Å²) in [6, 6.07) is 2.66. The summed E-state index contributed by atoms with van der Waals surface area (Å²) in [4.78, 5) is 35.7. The number of carbonyl (C=O) groups excluding carboxylic acids is 1. The molecule has 2 rings (SSSR count). The minimum Gasteiger partial charge on any atom is -0.508 e. The maximum atomic E-state index is 11.4. The van der Waals surface area contributed by atoms with Crippen molar-refractivity contribution in [3.05, 3.63) is 39.0 Å². The molecule has 82 valence electrons. The van der Waals surface area contributed by atoms with Crippen molar-refractivity contribution in [2.45, 2.75) is 0 Å². The van der Waals surface area contributed by atoms with Crippen molar-refractivity contribution in [2.75, 3.05) is 0 Å². The van der Waals surface area contributed by atoms with Gasteiger partial charge in [0, 0.05) is 0 Å². The molecule has 7 nitrogen and oxygen atoms in total. The van der Waals surface area contributed by atoms with E-state index >= 15 is 0 Å². The number of aromatic nitrogens is 2. The lowest BCUT2D eigenvalue weighted by atomic mass is 10.2.